The van der Waals surface area contributed by atoms with E-state index in [2.05, 4.69) is 9.47 Å². The van der Waals surface area contributed by atoms with Crippen molar-refractivity contribution in [2.45, 2.75) is 0 Å². The van der Waals surface area contributed by atoms with Gasteiger partial charge in [-0.05, 0) is 0 Å². The Balaban J connectivity index is 0. The summed E-state index contributed by atoms with van der Waals surface area (Å²) in [4.78, 5) is 9.74. The van der Waals surface area contributed by atoms with Crippen molar-refractivity contribution < 1.29 is 14.3 Å². The number of ether oxygens (including phenoxy) is 2. The quantitative estimate of drug-likeness (QED) is 0.342. The Labute approximate surface area is 72.0 Å². The van der Waals surface area contributed by atoms with Gasteiger partial charge in [-0.25, -0.2) is 4.79 Å². The van der Waals surface area contributed by atoms with E-state index in [-0.39, 0.29) is 37.7 Å². The molecule has 0 saturated heterocycles. The number of hydrogen-bond donors (Lipinski definition) is 0. The van der Waals surface area contributed by atoms with Crippen molar-refractivity contribution in [1.82, 2.24) is 0 Å². The Morgan fingerprint density at radius 1 is 1.29 bits per heavy atom. The molecule has 0 aliphatic carbocycles. The third-order valence-corrected chi connectivity index (χ3v) is 0.333. The molecule has 0 rings (SSSR count). The van der Waals surface area contributed by atoms with Crippen LogP contribution in [0.3, 0.4) is 0 Å². The van der Waals surface area contributed by atoms with Gasteiger partial charge in [-0.1, -0.05) is 0 Å². The van der Waals surface area contributed by atoms with Gasteiger partial charge in [0.15, 0.2) is 0 Å². The zero-order chi connectivity index (χ0) is 4.99. The second-order valence-corrected chi connectivity index (χ2v) is 0.658. The fourth-order valence-electron chi connectivity index (χ4n) is 0.0833. The minimum atomic E-state index is -0.657. The van der Waals surface area contributed by atoms with Crippen LogP contribution in [-0.4, -0.2) is 58.1 Å². The first-order valence-corrected chi connectivity index (χ1v) is 1.43. The van der Waals surface area contributed by atoms with Crippen molar-refractivity contribution >= 4 is 43.9 Å². The van der Waals surface area contributed by atoms with Crippen LogP contribution in [-0.2, 0) is 9.47 Å². The van der Waals surface area contributed by atoms with Crippen molar-refractivity contribution in [2.75, 3.05) is 14.2 Å². The van der Waals surface area contributed by atoms with Crippen molar-refractivity contribution in [1.29, 1.82) is 0 Å². The summed E-state index contributed by atoms with van der Waals surface area (Å²) < 4.78 is 8.08. The molecule has 0 N–H and O–H groups in total. The molecular formula is C3H6CaO3. The SMILES string of the molecule is COC(=O)OC.[Ca]. The van der Waals surface area contributed by atoms with E-state index in [9.17, 15) is 4.79 Å². The summed E-state index contributed by atoms with van der Waals surface area (Å²) in [6.07, 6.45) is -0.657. The first-order chi connectivity index (χ1) is 2.81. The maximum atomic E-state index is 9.74. The summed E-state index contributed by atoms with van der Waals surface area (Å²) in [5, 5.41) is 0. The molecule has 2 radical (unpaired) electrons. The van der Waals surface area contributed by atoms with Crippen molar-refractivity contribution in [2.24, 2.45) is 0 Å². The molecule has 0 aromatic heterocycles. The molecule has 4 heteroatoms. The minimum absolute atomic E-state index is 0. The maximum Gasteiger partial charge on any atom is 0.507 e. The monoisotopic (exact) mass is 130 g/mol. The zero-order valence-corrected chi connectivity index (χ0v) is 6.64. The molecule has 38 valence electrons. The second kappa shape index (κ2) is 6.53. The molecule has 7 heavy (non-hydrogen) atoms. The molecule has 0 aromatic rings. The van der Waals surface area contributed by atoms with Gasteiger partial charge in [0.1, 0.15) is 0 Å². The molecule has 0 amide bonds. The van der Waals surface area contributed by atoms with E-state index >= 15 is 0 Å². The summed E-state index contributed by atoms with van der Waals surface area (Å²) in [5.74, 6) is 0. The molecule has 0 aliphatic rings. The van der Waals surface area contributed by atoms with Gasteiger partial charge in [0.05, 0.1) is 14.2 Å². The van der Waals surface area contributed by atoms with Crippen LogP contribution in [0.5, 0.6) is 0 Å². The second-order valence-electron chi connectivity index (χ2n) is 0.658. The Morgan fingerprint density at radius 3 is 1.57 bits per heavy atom. The average Bonchev–Trinajstić information content (AvgIpc) is 1.65. The number of rotatable bonds is 0. The zero-order valence-electron chi connectivity index (χ0n) is 4.43. The van der Waals surface area contributed by atoms with Crippen LogP contribution in [0.15, 0.2) is 0 Å². The standard InChI is InChI=1S/C3H6O3.Ca/c1-5-3(4)6-2;/h1-2H3;. The topological polar surface area (TPSA) is 35.5 Å². The smallest absolute Gasteiger partial charge is 0.438 e. The van der Waals surface area contributed by atoms with Crippen molar-refractivity contribution in [3.05, 3.63) is 0 Å². The minimum Gasteiger partial charge on any atom is -0.438 e. The molecule has 0 aliphatic heterocycles. The summed E-state index contributed by atoms with van der Waals surface area (Å²) >= 11 is 0. The first kappa shape index (κ1) is 10.5. The molecule has 3 nitrogen and oxygen atoms in total. The van der Waals surface area contributed by atoms with E-state index in [1.54, 1.807) is 0 Å². The van der Waals surface area contributed by atoms with E-state index in [0.717, 1.165) is 0 Å². The summed E-state index contributed by atoms with van der Waals surface area (Å²) in [5.41, 5.74) is 0. The van der Waals surface area contributed by atoms with Gasteiger partial charge in [0, 0.05) is 37.7 Å². The molecule has 0 atom stereocenters. The van der Waals surface area contributed by atoms with E-state index < -0.39 is 6.16 Å². The van der Waals surface area contributed by atoms with Gasteiger partial charge in [0.25, 0.3) is 0 Å². The van der Waals surface area contributed by atoms with Crippen LogP contribution in [0.2, 0.25) is 0 Å². The Hall–Kier alpha value is 0.530. The van der Waals surface area contributed by atoms with Gasteiger partial charge in [0.2, 0.25) is 0 Å². The molecule has 0 bridgehead atoms. The van der Waals surface area contributed by atoms with Gasteiger partial charge in [-0.3, -0.25) is 0 Å². The molecule has 0 spiro atoms. The van der Waals surface area contributed by atoms with Crippen molar-refractivity contribution in [3.8, 4) is 0 Å². The number of hydrogen-bond acceptors (Lipinski definition) is 3. The molecular weight excluding hydrogens is 124 g/mol. The van der Waals surface area contributed by atoms with Crippen LogP contribution >= 0.6 is 0 Å². The summed E-state index contributed by atoms with van der Waals surface area (Å²) in [6, 6.07) is 0. The Morgan fingerprint density at radius 2 is 1.57 bits per heavy atom. The normalized spacial score (nSPS) is 6.00. The molecule has 0 saturated carbocycles. The number of carbonyl (C=O) groups excluding carboxylic acids is 1. The fraction of sp³-hybridized carbons (Fsp3) is 0.667. The predicted octanol–water partition coefficient (Wildman–Crippen LogP) is 0.0184. The van der Waals surface area contributed by atoms with Crippen LogP contribution in [0, 0.1) is 0 Å². The average molecular weight is 130 g/mol. The Bertz CT molecular complexity index is 48.1. The van der Waals surface area contributed by atoms with Gasteiger partial charge in [-0.2, -0.15) is 0 Å². The van der Waals surface area contributed by atoms with E-state index in [1.165, 1.54) is 14.2 Å². The number of carbonyl (C=O) groups is 1. The predicted molar refractivity (Wildman–Crippen MR) is 25.2 cm³/mol. The molecule has 0 aromatic carbocycles. The Kier molecular flexibility index (Phi) is 9.79. The number of methoxy groups -OCH3 is 2. The third-order valence-electron chi connectivity index (χ3n) is 0.333. The van der Waals surface area contributed by atoms with E-state index in [1.807, 2.05) is 0 Å². The third kappa shape index (κ3) is 6.53. The largest absolute Gasteiger partial charge is 0.507 e. The summed E-state index contributed by atoms with van der Waals surface area (Å²) in [6.45, 7) is 0. The van der Waals surface area contributed by atoms with Gasteiger partial charge < -0.3 is 9.47 Å². The van der Waals surface area contributed by atoms with Crippen LogP contribution in [0.1, 0.15) is 0 Å². The van der Waals surface area contributed by atoms with Crippen LogP contribution in [0.25, 0.3) is 0 Å². The van der Waals surface area contributed by atoms with E-state index in [0.29, 0.717) is 0 Å². The molecule has 0 fully saturated rings. The van der Waals surface area contributed by atoms with Gasteiger partial charge in [-0.15, -0.1) is 0 Å². The van der Waals surface area contributed by atoms with Crippen molar-refractivity contribution in [3.63, 3.8) is 0 Å². The molecule has 0 unspecified atom stereocenters. The van der Waals surface area contributed by atoms with Gasteiger partial charge >= 0.3 is 6.16 Å². The molecule has 0 heterocycles. The maximum absolute atomic E-state index is 9.74. The van der Waals surface area contributed by atoms with Crippen LogP contribution in [0.4, 0.5) is 4.79 Å². The van der Waals surface area contributed by atoms with E-state index in [4.69, 9.17) is 0 Å². The first-order valence-electron chi connectivity index (χ1n) is 1.43. The van der Waals surface area contributed by atoms with Crippen LogP contribution < -0.4 is 0 Å². The summed E-state index contributed by atoms with van der Waals surface area (Å²) in [7, 11) is 2.51. The fourth-order valence-corrected chi connectivity index (χ4v) is 0.0833.